The van der Waals surface area contributed by atoms with Gasteiger partial charge in [-0.15, -0.1) is 0 Å². The van der Waals surface area contributed by atoms with E-state index in [1.165, 1.54) is 4.90 Å². The van der Waals surface area contributed by atoms with Crippen LogP contribution in [0.2, 0.25) is 0 Å². The summed E-state index contributed by atoms with van der Waals surface area (Å²) in [6.07, 6.45) is 0.477. The number of morpholine rings is 1. The van der Waals surface area contributed by atoms with Gasteiger partial charge in [-0.3, -0.25) is 24.6 Å². The minimum Gasteiger partial charge on any atom is -0.496 e. The molecule has 1 N–H and O–H groups in total. The summed E-state index contributed by atoms with van der Waals surface area (Å²) in [4.78, 5) is 40.6. The first-order valence-electron chi connectivity index (χ1n) is 12.0. The topological polar surface area (TPSA) is 88.2 Å². The predicted molar refractivity (Wildman–Crippen MR) is 135 cm³/mol. The van der Waals surface area contributed by atoms with Gasteiger partial charge in [0.15, 0.2) is 0 Å². The number of nitrogens with one attached hydrogen (secondary N) is 1. The van der Waals surface area contributed by atoms with Crippen molar-refractivity contribution in [3.63, 3.8) is 0 Å². The van der Waals surface area contributed by atoms with Gasteiger partial charge in [0, 0.05) is 37.2 Å². The molecule has 3 aliphatic heterocycles. The first-order chi connectivity index (χ1) is 17.3. The Hall–Kier alpha value is -3.04. The highest BCUT2D eigenvalue weighted by Gasteiger charge is 2.40. The number of hydrogen-bond acceptors (Lipinski definition) is 6. The van der Waals surface area contributed by atoms with Gasteiger partial charge in [0.2, 0.25) is 11.8 Å². The van der Waals surface area contributed by atoms with Crippen LogP contribution in [0.15, 0.2) is 30.3 Å². The lowest BCUT2D eigenvalue weighted by molar-refractivity contribution is -0.136. The van der Waals surface area contributed by atoms with E-state index >= 15 is 0 Å². The van der Waals surface area contributed by atoms with Crippen LogP contribution in [0, 0.1) is 0 Å². The fourth-order valence-corrected chi connectivity index (χ4v) is 4.94. The molecule has 0 aliphatic carbocycles. The molecule has 0 aromatic heterocycles. The third kappa shape index (κ3) is 4.82. The fraction of sp³-hybridized carbons (Fsp3) is 0.400. The lowest BCUT2D eigenvalue weighted by atomic mass is 9.76. The molecule has 5 rings (SSSR count). The zero-order chi connectivity index (χ0) is 25.4. The highest BCUT2D eigenvalue weighted by Crippen LogP contribution is 2.35. The third-order valence-corrected chi connectivity index (χ3v) is 6.95. The van der Waals surface area contributed by atoms with E-state index in [1.807, 2.05) is 0 Å². The zero-order valence-electron chi connectivity index (χ0n) is 19.9. The summed E-state index contributed by atoms with van der Waals surface area (Å²) in [5.74, 6) is -0.628. The molecule has 6 radical (unpaired) electrons. The van der Waals surface area contributed by atoms with E-state index in [-0.39, 0.29) is 31.2 Å². The number of carbonyl (C=O) groups is 3. The molecule has 3 heterocycles. The van der Waals surface area contributed by atoms with Crippen LogP contribution in [-0.2, 0) is 27.4 Å². The Kier molecular flexibility index (Phi) is 6.95. The largest absolute Gasteiger partial charge is 0.496 e. The average molecular weight is 479 g/mol. The molecule has 3 amide bonds. The molecule has 2 saturated heterocycles. The van der Waals surface area contributed by atoms with Gasteiger partial charge >= 0.3 is 0 Å². The van der Waals surface area contributed by atoms with Crippen LogP contribution in [0.4, 0.5) is 0 Å². The molecule has 178 valence electrons. The quantitative estimate of drug-likeness (QED) is 0.428. The zero-order valence-corrected chi connectivity index (χ0v) is 19.9. The molecule has 0 bridgehead atoms. The SMILES string of the molecule is [B]c1cc(C([B])Oc2cccc3c2CN(C2CCC(=O)NC2=O)C3=O)cc([B])c1CN1CCOCC1. The van der Waals surface area contributed by atoms with Crippen LogP contribution in [-0.4, -0.2) is 83.4 Å². The van der Waals surface area contributed by atoms with Crippen LogP contribution >= 0.6 is 0 Å². The first-order valence-corrected chi connectivity index (χ1v) is 12.0. The van der Waals surface area contributed by atoms with Crippen LogP contribution in [0.25, 0.3) is 0 Å². The van der Waals surface area contributed by atoms with E-state index in [1.54, 1.807) is 30.3 Å². The van der Waals surface area contributed by atoms with E-state index in [4.69, 9.17) is 33.0 Å². The highest BCUT2D eigenvalue weighted by atomic mass is 16.5. The van der Waals surface area contributed by atoms with Gasteiger partial charge in [-0.1, -0.05) is 29.1 Å². The number of benzene rings is 2. The van der Waals surface area contributed by atoms with Crippen molar-refractivity contribution in [2.45, 2.75) is 38.0 Å². The Labute approximate surface area is 213 Å². The second-order valence-electron chi connectivity index (χ2n) is 9.29. The van der Waals surface area contributed by atoms with E-state index in [9.17, 15) is 14.4 Å². The number of fused-ring (bicyclic) bond motifs is 1. The molecule has 2 unspecified atom stereocenters. The molecule has 36 heavy (non-hydrogen) atoms. The highest BCUT2D eigenvalue weighted by molar-refractivity contribution is 6.40. The Balaban J connectivity index is 1.32. The number of amides is 3. The first kappa shape index (κ1) is 24.7. The summed E-state index contributed by atoms with van der Waals surface area (Å²) in [6, 6.07) is 7.08. The molecular formula is C25H24B3N3O5. The van der Waals surface area contributed by atoms with Gasteiger partial charge in [0.1, 0.15) is 35.3 Å². The molecule has 8 nitrogen and oxygen atoms in total. The lowest BCUT2D eigenvalue weighted by Crippen LogP contribution is -2.52. The van der Waals surface area contributed by atoms with Crippen LogP contribution < -0.4 is 21.0 Å². The fourth-order valence-electron chi connectivity index (χ4n) is 4.94. The maximum absolute atomic E-state index is 13.1. The van der Waals surface area contributed by atoms with E-state index in [0.717, 1.165) is 18.7 Å². The Morgan fingerprint density at radius 3 is 2.53 bits per heavy atom. The van der Waals surface area contributed by atoms with Crippen molar-refractivity contribution >= 4 is 52.2 Å². The molecule has 2 atom stereocenters. The summed E-state index contributed by atoms with van der Waals surface area (Å²) >= 11 is 0. The number of piperidine rings is 1. The Morgan fingerprint density at radius 1 is 1.11 bits per heavy atom. The number of imide groups is 1. The monoisotopic (exact) mass is 479 g/mol. The van der Waals surface area contributed by atoms with Crippen molar-refractivity contribution in [3.8, 4) is 5.75 Å². The number of hydrogen-bond donors (Lipinski definition) is 1. The standard InChI is InChI=1S/C25H24B3N3O5/c26-18-10-14(11-19(27)17(18)12-30-6-8-35-9-7-30)23(28)36-21-3-1-2-15-16(21)13-31(25(15)34)20-4-5-22(32)29-24(20)33/h1-3,10-11,20,23H,4-9,12-13H2,(H,29,32,33). The van der Waals surface area contributed by atoms with Gasteiger partial charge in [0.25, 0.3) is 5.91 Å². The Morgan fingerprint density at radius 2 is 1.83 bits per heavy atom. The van der Waals surface area contributed by atoms with Crippen molar-refractivity contribution in [1.82, 2.24) is 15.1 Å². The summed E-state index contributed by atoms with van der Waals surface area (Å²) < 4.78 is 11.5. The summed E-state index contributed by atoms with van der Waals surface area (Å²) in [5.41, 5.74) is 3.62. The van der Waals surface area contributed by atoms with Crippen LogP contribution in [0.1, 0.15) is 45.9 Å². The molecule has 2 aromatic carbocycles. The second kappa shape index (κ2) is 10.1. The molecule has 0 saturated carbocycles. The van der Waals surface area contributed by atoms with Gasteiger partial charge in [-0.05, 0) is 29.7 Å². The smallest absolute Gasteiger partial charge is 0.255 e. The van der Waals surface area contributed by atoms with Crippen molar-refractivity contribution in [3.05, 3.63) is 52.6 Å². The maximum atomic E-state index is 13.1. The Bertz CT molecular complexity index is 1190. The summed E-state index contributed by atoms with van der Waals surface area (Å²) in [7, 11) is 19.1. The molecule has 2 aromatic rings. The molecule has 0 spiro atoms. The van der Waals surface area contributed by atoms with Crippen LogP contribution in [0.5, 0.6) is 5.75 Å². The maximum Gasteiger partial charge on any atom is 0.255 e. The molecule has 11 heteroatoms. The van der Waals surface area contributed by atoms with Crippen molar-refractivity contribution < 1.29 is 23.9 Å². The molecular weight excluding hydrogens is 455 g/mol. The van der Waals surface area contributed by atoms with Gasteiger partial charge < -0.3 is 14.4 Å². The van der Waals surface area contributed by atoms with E-state index < -0.39 is 18.0 Å². The number of ether oxygens (including phenoxy) is 2. The lowest BCUT2D eigenvalue weighted by Gasteiger charge is -2.29. The van der Waals surface area contributed by atoms with Crippen molar-refractivity contribution in [2.75, 3.05) is 26.3 Å². The molecule has 3 aliphatic rings. The van der Waals surface area contributed by atoms with E-state index in [2.05, 4.69) is 10.2 Å². The van der Waals surface area contributed by atoms with Gasteiger partial charge in [-0.2, -0.15) is 0 Å². The third-order valence-electron chi connectivity index (χ3n) is 6.95. The van der Waals surface area contributed by atoms with Crippen molar-refractivity contribution in [2.24, 2.45) is 0 Å². The number of carbonyl (C=O) groups excluding carboxylic acids is 3. The minimum atomic E-state index is -0.877. The molecule has 2 fully saturated rings. The second-order valence-corrected chi connectivity index (χ2v) is 9.29. The summed E-state index contributed by atoms with van der Waals surface area (Å²) in [5, 5.41) is 2.31. The van der Waals surface area contributed by atoms with Crippen molar-refractivity contribution in [1.29, 1.82) is 0 Å². The number of nitrogens with zero attached hydrogens (tertiary/aromatic N) is 2. The minimum absolute atomic E-state index is 0.187. The predicted octanol–water partition coefficient (Wildman–Crippen LogP) is -0.886. The van der Waals surface area contributed by atoms with Gasteiger partial charge in [0.05, 0.1) is 25.8 Å². The van der Waals surface area contributed by atoms with Crippen LogP contribution in [0.3, 0.4) is 0 Å². The number of rotatable bonds is 6. The van der Waals surface area contributed by atoms with E-state index in [0.29, 0.717) is 53.1 Å². The normalized spacial score (nSPS) is 21.3. The summed E-state index contributed by atoms with van der Waals surface area (Å²) in [6.45, 7) is 3.81. The average Bonchev–Trinajstić information content (AvgIpc) is 3.19. The van der Waals surface area contributed by atoms with Gasteiger partial charge in [-0.25, -0.2) is 0 Å².